The molecule has 4 aliphatic carbocycles. The first-order valence-electron chi connectivity index (χ1n) is 9.66. The van der Waals surface area contributed by atoms with Crippen molar-refractivity contribution in [3.8, 4) is 0 Å². The van der Waals surface area contributed by atoms with E-state index in [1.165, 1.54) is 43.4 Å². The lowest BCUT2D eigenvalue weighted by atomic mass is 9.54. The Balaban J connectivity index is 1.42. The second kappa shape index (κ2) is 6.75. The summed E-state index contributed by atoms with van der Waals surface area (Å²) in [5, 5.41) is 8.18. The van der Waals surface area contributed by atoms with Gasteiger partial charge in [-0.1, -0.05) is 19.9 Å². The number of nitrogens with one attached hydrogen (secondary N) is 2. The van der Waals surface area contributed by atoms with Gasteiger partial charge in [0, 0.05) is 6.04 Å². The first kappa shape index (κ1) is 17.1. The highest BCUT2D eigenvalue weighted by molar-refractivity contribution is 7.12. The molecule has 4 saturated carbocycles. The molecular formula is C20H28N2O2S. The third-order valence-electron chi connectivity index (χ3n) is 6.52. The topological polar surface area (TPSA) is 58.2 Å². The van der Waals surface area contributed by atoms with Gasteiger partial charge in [0.15, 0.2) is 0 Å². The van der Waals surface area contributed by atoms with Crippen molar-refractivity contribution in [2.24, 2.45) is 29.6 Å². The fourth-order valence-corrected chi connectivity index (χ4v) is 6.20. The van der Waals surface area contributed by atoms with Crippen molar-refractivity contribution in [1.82, 2.24) is 10.6 Å². The molecule has 2 amide bonds. The number of hydrogen-bond donors (Lipinski definition) is 2. The highest BCUT2D eigenvalue weighted by atomic mass is 32.1. The van der Waals surface area contributed by atoms with Gasteiger partial charge in [-0.25, -0.2) is 0 Å². The summed E-state index contributed by atoms with van der Waals surface area (Å²) in [5.74, 6) is 3.03. The maximum Gasteiger partial charge on any atom is 0.262 e. The van der Waals surface area contributed by atoms with Crippen LogP contribution in [0.4, 0.5) is 0 Å². The maximum absolute atomic E-state index is 13.0. The molecule has 0 spiro atoms. The van der Waals surface area contributed by atoms with E-state index in [9.17, 15) is 9.59 Å². The van der Waals surface area contributed by atoms with Crippen LogP contribution in [0.1, 0.15) is 55.6 Å². The van der Waals surface area contributed by atoms with E-state index in [0.717, 1.165) is 11.8 Å². The van der Waals surface area contributed by atoms with E-state index in [0.29, 0.717) is 22.8 Å². The molecule has 25 heavy (non-hydrogen) atoms. The van der Waals surface area contributed by atoms with Crippen LogP contribution in [0.2, 0.25) is 0 Å². The molecule has 0 saturated heterocycles. The molecule has 0 radical (unpaired) electrons. The average molecular weight is 361 g/mol. The van der Waals surface area contributed by atoms with Gasteiger partial charge in [-0.05, 0) is 73.1 Å². The van der Waals surface area contributed by atoms with Crippen molar-refractivity contribution in [1.29, 1.82) is 0 Å². The lowest BCUT2D eigenvalue weighted by Crippen LogP contribution is -2.59. The molecule has 4 bridgehead atoms. The summed E-state index contributed by atoms with van der Waals surface area (Å²) in [7, 11) is 0. The molecule has 1 atom stereocenters. The molecule has 4 aliphatic rings. The number of carbonyl (C=O) groups is 2. The van der Waals surface area contributed by atoms with Gasteiger partial charge in [-0.3, -0.25) is 9.59 Å². The lowest BCUT2D eigenvalue weighted by molar-refractivity contribution is -0.127. The Labute approximate surface area is 153 Å². The Morgan fingerprint density at radius 2 is 1.72 bits per heavy atom. The second-order valence-corrected chi connectivity index (χ2v) is 9.59. The number of amides is 2. The van der Waals surface area contributed by atoms with E-state index in [4.69, 9.17) is 0 Å². The lowest BCUT2D eigenvalue weighted by Gasteiger charge is -2.54. The molecule has 1 aromatic rings. The van der Waals surface area contributed by atoms with Gasteiger partial charge in [0.1, 0.15) is 6.04 Å². The van der Waals surface area contributed by atoms with E-state index in [2.05, 4.69) is 10.6 Å². The second-order valence-electron chi connectivity index (χ2n) is 8.64. The van der Waals surface area contributed by atoms with Gasteiger partial charge in [0.2, 0.25) is 5.91 Å². The molecule has 1 heterocycles. The molecule has 2 N–H and O–H groups in total. The van der Waals surface area contributed by atoms with E-state index in [1.807, 2.05) is 25.3 Å². The number of carbonyl (C=O) groups excluding carboxylic acids is 2. The van der Waals surface area contributed by atoms with Crippen LogP contribution in [0, 0.1) is 29.6 Å². The molecule has 4 nitrogen and oxygen atoms in total. The summed E-state index contributed by atoms with van der Waals surface area (Å²) < 4.78 is 0. The Bertz CT molecular complexity index is 612. The Kier molecular flexibility index (Phi) is 4.61. The molecule has 5 rings (SSSR count). The molecule has 5 heteroatoms. The van der Waals surface area contributed by atoms with Gasteiger partial charge in [-0.2, -0.15) is 0 Å². The van der Waals surface area contributed by atoms with Gasteiger partial charge < -0.3 is 10.6 Å². The van der Waals surface area contributed by atoms with Crippen molar-refractivity contribution < 1.29 is 9.59 Å². The largest absolute Gasteiger partial charge is 0.351 e. The predicted octanol–water partition coefficient (Wildman–Crippen LogP) is 3.44. The summed E-state index contributed by atoms with van der Waals surface area (Å²) >= 11 is 1.41. The van der Waals surface area contributed by atoms with E-state index >= 15 is 0 Å². The zero-order valence-electron chi connectivity index (χ0n) is 15.0. The zero-order valence-corrected chi connectivity index (χ0v) is 15.9. The summed E-state index contributed by atoms with van der Waals surface area (Å²) in [6, 6.07) is 3.51. The van der Waals surface area contributed by atoms with Crippen molar-refractivity contribution in [3.05, 3.63) is 22.4 Å². The standard InChI is InChI=1S/C20H28N2O2S/c1-11(2)17(21-19(23)16-4-3-5-25-16)20(24)22-18-14-7-12-6-13(9-14)10-15(18)8-12/h3-5,11-15,17-18H,6-10H2,1-2H3,(H,21,23)(H,22,24). The summed E-state index contributed by atoms with van der Waals surface area (Å²) in [4.78, 5) is 26.0. The molecule has 0 aliphatic heterocycles. The molecular weight excluding hydrogens is 332 g/mol. The van der Waals surface area contributed by atoms with Crippen LogP contribution in [-0.2, 0) is 4.79 Å². The van der Waals surface area contributed by atoms with Gasteiger partial charge in [0.25, 0.3) is 5.91 Å². The minimum absolute atomic E-state index is 0.00243. The summed E-state index contributed by atoms with van der Waals surface area (Å²) in [5.41, 5.74) is 0. The third kappa shape index (κ3) is 3.35. The average Bonchev–Trinajstić information content (AvgIpc) is 3.09. The number of hydrogen-bond acceptors (Lipinski definition) is 3. The molecule has 136 valence electrons. The predicted molar refractivity (Wildman–Crippen MR) is 99.4 cm³/mol. The van der Waals surface area contributed by atoms with Crippen LogP contribution < -0.4 is 10.6 Å². The van der Waals surface area contributed by atoms with E-state index in [1.54, 1.807) is 6.07 Å². The summed E-state index contributed by atoms with van der Waals surface area (Å²) in [6.07, 6.45) is 6.55. The number of rotatable bonds is 5. The first-order valence-corrected chi connectivity index (χ1v) is 10.5. The maximum atomic E-state index is 13.0. The smallest absolute Gasteiger partial charge is 0.262 e. The molecule has 4 fully saturated rings. The molecule has 1 aromatic heterocycles. The van der Waals surface area contributed by atoms with Crippen LogP contribution in [0.15, 0.2) is 17.5 Å². The monoisotopic (exact) mass is 360 g/mol. The first-order chi connectivity index (χ1) is 12.0. The van der Waals surface area contributed by atoms with Crippen LogP contribution in [0.3, 0.4) is 0 Å². The van der Waals surface area contributed by atoms with Crippen LogP contribution in [0.5, 0.6) is 0 Å². The summed E-state index contributed by atoms with van der Waals surface area (Å²) in [6.45, 7) is 3.99. The quantitative estimate of drug-likeness (QED) is 0.845. The third-order valence-corrected chi connectivity index (χ3v) is 7.38. The zero-order chi connectivity index (χ0) is 17.6. The van der Waals surface area contributed by atoms with Crippen molar-refractivity contribution in [2.45, 2.75) is 58.0 Å². The van der Waals surface area contributed by atoms with Crippen molar-refractivity contribution >= 4 is 23.2 Å². The Hall–Kier alpha value is -1.36. The fraction of sp³-hybridized carbons (Fsp3) is 0.700. The Morgan fingerprint density at radius 1 is 1.08 bits per heavy atom. The van der Waals surface area contributed by atoms with E-state index in [-0.39, 0.29) is 17.7 Å². The molecule has 0 aromatic carbocycles. The van der Waals surface area contributed by atoms with Crippen molar-refractivity contribution in [2.75, 3.05) is 0 Å². The SMILES string of the molecule is CC(C)C(NC(=O)c1cccs1)C(=O)NC1C2CC3CC(C2)CC1C3. The Morgan fingerprint density at radius 3 is 2.24 bits per heavy atom. The number of thiophene rings is 1. The highest BCUT2D eigenvalue weighted by Crippen LogP contribution is 2.53. The van der Waals surface area contributed by atoms with Gasteiger partial charge >= 0.3 is 0 Å². The fourth-order valence-electron chi connectivity index (χ4n) is 5.57. The van der Waals surface area contributed by atoms with Gasteiger partial charge in [0.05, 0.1) is 4.88 Å². The van der Waals surface area contributed by atoms with Crippen molar-refractivity contribution in [3.63, 3.8) is 0 Å². The molecule has 1 unspecified atom stereocenters. The minimum atomic E-state index is -0.466. The van der Waals surface area contributed by atoms with Crippen LogP contribution >= 0.6 is 11.3 Å². The van der Waals surface area contributed by atoms with Crippen LogP contribution in [0.25, 0.3) is 0 Å². The highest BCUT2D eigenvalue weighted by Gasteiger charge is 2.49. The normalized spacial score (nSPS) is 34.1. The van der Waals surface area contributed by atoms with Crippen LogP contribution in [-0.4, -0.2) is 23.9 Å². The minimum Gasteiger partial charge on any atom is -0.351 e. The van der Waals surface area contributed by atoms with Gasteiger partial charge in [-0.15, -0.1) is 11.3 Å². The van der Waals surface area contributed by atoms with E-state index < -0.39 is 6.04 Å².